The van der Waals surface area contributed by atoms with Gasteiger partial charge in [-0.3, -0.25) is 14.9 Å². The summed E-state index contributed by atoms with van der Waals surface area (Å²) in [5.41, 5.74) is 0.957. The van der Waals surface area contributed by atoms with Crippen LogP contribution < -0.4 is 5.32 Å². The highest BCUT2D eigenvalue weighted by molar-refractivity contribution is 5.78. The number of esters is 2. The molecule has 0 aliphatic heterocycles. The SMILES string of the molecule is CCOC(=O)CN[C@@H](C(=O)OCc1ccccc1)C1CCCCC1. The van der Waals surface area contributed by atoms with Crippen LogP contribution in [0, 0.1) is 5.92 Å². The molecule has 1 aromatic rings. The van der Waals surface area contributed by atoms with Gasteiger partial charge in [0.2, 0.25) is 0 Å². The van der Waals surface area contributed by atoms with Crippen molar-refractivity contribution in [2.24, 2.45) is 5.92 Å². The van der Waals surface area contributed by atoms with Crippen LogP contribution in [0.3, 0.4) is 0 Å². The predicted molar refractivity (Wildman–Crippen MR) is 91.2 cm³/mol. The maximum Gasteiger partial charge on any atom is 0.323 e. The maximum absolute atomic E-state index is 12.5. The predicted octanol–water partition coefficient (Wildman–Crippen LogP) is 2.83. The Balaban J connectivity index is 1.92. The summed E-state index contributed by atoms with van der Waals surface area (Å²) in [6.07, 6.45) is 5.42. The maximum atomic E-state index is 12.5. The fourth-order valence-corrected chi connectivity index (χ4v) is 3.13. The molecule has 1 aromatic carbocycles. The number of ether oxygens (including phenoxy) is 2. The van der Waals surface area contributed by atoms with Crippen molar-refractivity contribution in [3.63, 3.8) is 0 Å². The Labute approximate surface area is 143 Å². The summed E-state index contributed by atoms with van der Waals surface area (Å²) in [5, 5.41) is 3.06. The van der Waals surface area contributed by atoms with Gasteiger partial charge in [-0.2, -0.15) is 0 Å². The molecule has 5 heteroatoms. The molecule has 132 valence electrons. The summed E-state index contributed by atoms with van der Waals surface area (Å²) in [4.78, 5) is 24.1. The van der Waals surface area contributed by atoms with E-state index in [-0.39, 0.29) is 31.0 Å². The van der Waals surface area contributed by atoms with Gasteiger partial charge in [0.25, 0.3) is 0 Å². The van der Waals surface area contributed by atoms with E-state index in [0.717, 1.165) is 31.2 Å². The third kappa shape index (κ3) is 5.96. The fourth-order valence-electron chi connectivity index (χ4n) is 3.13. The average Bonchev–Trinajstić information content (AvgIpc) is 2.62. The third-order valence-electron chi connectivity index (χ3n) is 4.37. The first-order valence-electron chi connectivity index (χ1n) is 8.80. The van der Waals surface area contributed by atoms with E-state index in [4.69, 9.17) is 9.47 Å². The van der Waals surface area contributed by atoms with Crippen molar-refractivity contribution < 1.29 is 19.1 Å². The van der Waals surface area contributed by atoms with Crippen molar-refractivity contribution in [2.45, 2.75) is 51.7 Å². The standard InChI is InChI=1S/C19H27NO4/c1-2-23-17(21)13-20-18(16-11-7-4-8-12-16)19(22)24-14-15-9-5-3-6-10-15/h3,5-6,9-10,16,18,20H,2,4,7-8,11-14H2,1H3/t18-/m1/s1. The fraction of sp³-hybridized carbons (Fsp3) is 0.579. The van der Waals surface area contributed by atoms with E-state index >= 15 is 0 Å². The highest BCUT2D eigenvalue weighted by Gasteiger charge is 2.31. The molecular weight excluding hydrogens is 306 g/mol. The molecule has 24 heavy (non-hydrogen) atoms. The average molecular weight is 333 g/mol. The van der Waals surface area contributed by atoms with Gasteiger partial charge in [-0.25, -0.2) is 0 Å². The molecule has 0 aromatic heterocycles. The smallest absolute Gasteiger partial charge is 0.323 e. The number of benzene rings is 1. The number of hydrogen-bond acceptors (Lipinski definition) is 5. The number of hydrogen-bond donors (Lipinski definition) is 1. The summed E-state index contributed by atoms with van der Waals surface area (Å²) in [5.74, 6) is -0.402. The second kappa shape index (κ2) is 10.1. The zero-order chi connectivity index (χ0) is 17.2. The van der Waals surface area contributed by atoms with Crippen molar-refractivity contribution in [1.29, 1.82) is 0 Å². The van der Waals surface area contributed by atoms with Crippen LogP contribution in [0.4, 0.5) is 0 Å². The van der Waals surface area contributed by atoms with E-state index in [9.17, 15) is 9.59 Å². The van der Waals surface area contributed by atoms with Crippen LogP contribution >= 0.6 is 0 Å². The normalized spacial score (nSPS) is 16.4. The molecule has 0 bridgehead atoms. The molecule has 1 aliphatic carbocycles. The van der Waals surface area contributed by atoms with Crippen molar-refractivity contribution in [2.75, 3.05) is 13.2 Å². The zero-order valence-electron chi connectivity index (χ0n) is 14.3. The minimum atomic E-state index is -0.446. The summed E-state index contributed by atoms with van der Waals surface area (Å²) in [6.45, 7) is 2.40. The highest BCUT2D eigenvalue weighted by atomic mass is 16.5. The van der Waals surface area contributed by atoms with Crippen LogP contribution in [0.5, 0.6) is 0 Å². The molecule has 1 saturated carbocycles. The Kier molecular flexibility index (Phi) is 7.75. The van der Waals surface area contributed by atoms with E-state index in [1.54, 1.807) is 6.92 Å². The van der Waals surface area contributed by atoms with Gasteiger partial charge in [-0.15, -0.1) is 0 Å². The summed E-state index contributed by atoms with van der Waals surface area (Å²) in [6, 6.07) is 9.17. The lowest BCUT2D eigenvalue weighted by atomic mass is 9.84. The van der Waals surface area contributed by atoms with Crippen LogP contribution in [-0.2, 0) is 25.7 Å². The molecule has 0 heterocycles. The highest BCUT2D eigenvalue weighted by Crippen LogP contribution is 2.27. The molecule has 0 saturated heterocycles. The summed E-state index contributed by atoms with van der Waals surface area (Å²) in [7, 11) is 0. The Morgan fingerprint density at radius 2 is 1.83 bits per heavy atom. The Bertz CT molecular complexity index is 511. The zero-order valence-corrected chi connectivity index (χ0v) is 14.3. The van der Waals surface area contributed by atoms with Crippen molar-refractivity contribution >= 4 is 11.9 Å². The van der Waals surface area contributed by atoms with E-state index in [2.05, 4.69) is 5.32 Å². The lowest BCUT2D eigenvalue weighted by Gasteiger charge is -2.29. The lowest BCUT2D eigenvalue weighted by molar-refractivity contribution is -0.150. The van der Waals surface area contributed by atoms with Gasteiger partial charge < -0.3 is 9.47 Å². The molecule has 0 spiro atoms. The number of carbonyl (C=O) groups is 2. The molecule has 5 nitrogen and oxygen atoms in total. The van der Waals surface area contributed by atoms with Gasteiger partial charge in [-0.05, 0) is 31.2 Å². The summed E-state index contributed by atoms with van der Waals surface area (Å²) < 4.78 is 10.4. The van der Waals surface area contributed by atoms with E-state index in [0.29, 0.717) is 6.61 Å². The Morgan fingerprint density at radius 1 is 1.12 bits per heavy atom. The van der Waals surface area contributed by atoms with Crippen molar-refractivity contribution in [3.05, 3.63) is 35.9 Å². The van der Waals surface area contributed by atoms with Crippen LogP contribution in [0.2, 0.25) is 0 Å². The second-order valence-electron chi connectivity index (χ2n) is 6.15. The molecule has 0 unspecified atom stereocenters. The van der Waals surface area contributed by atoms with Crippen LogP contribution in [0.15, 0.2) is 30.3 Å². The minimum Gasteiger partial charge on any atom is -0.465 e. The first kappa shape index (κ1) is 18.5. The van der Waals surface area contributed by atoms with Crippen LogP contribution in [-0.4, -0.2) is 31.1 Å². The molecule has 0 radical (unpaired) electrons. The van der Waals surface area contributed by atoms with Gasteiger partial charge in [0.15, 0.2) is 0 Å². The minimum absolute atomic E-state index is 0.0371. The number of carbonyl (C=O) groups excluding carboxylic acids is 2. The van der Waals surface area contributed by atoms with E-state index < -0.39 is 6.04 Å². The molecule has 1 fully saturated rings. The van der Waals surface area contributed by atoms with Crippen molar-refractivity contribution in [3.8, 4) is 0 Å². The Hall–Kier alpha value is -1.88. The van der Waals surface area contributed by atoms with Gasteiger partial charge in [-0.1, -0.05) is 49.6 Å². The van der Waals surface area contributed by atoms with Gasteiger partial charge in [0, 0.05) is 0 Å². The largest absolute Gasteiger partial charge is 0.465 e. The molecule has 1 atom stereocenters. The van der Waals surface area contributed by atoms with Gasteiger partial charge in [0.1, 0.15) is 12.6 Å². The first-order chi connectivity index (χ1) is 11.7. The monoisotopic (exact) mass is 333 g/mol. The first-order valence-corrected chi connectivity index (χ1v) is 8.80. The lowest BCUT2D eigenvalue weighted by Crippen LogP contribution is -2.46. The van der Waals surface area contributed by atoms with Crippen molar-refractivity contribution in [1.82, 2.24) is 5.32 Å². The molecule has 1 N–H and O–H groups in total. The van der Waals surface area contributed by atoms with E-state index in [1.807, 2.05) is 30.3 Å². The van der Waals surface area contributed by atoms with Crippen LogP contribution in [0.1, 0.15) is 44.6 Å². The van der Waals surface area contributed by atoms with Gasteiger partial charge >= 0.3 is 11.9 Å². The van der Waals surface area contributed by atoms with Crippen LogP contribution in [0.25, 0.3) is 0 Å². The third-order valence-corrected chi connectivity index (χ3v) is 4.37. The van der Waals surface area contributed by atoms with E-state index in [1.165, 1.54) is 6.42 Å². The quantitative estimate of drug-likeness (QED) is 0.741. The Morgan fingerprint density at radius 3 is 2.50 bits per heavy atom. The molecule has 1 aliphatic rings. The molecule has 2 rings (SSSR count). The molecular formula is C19H27NO4. The number of rotatable bonds is 8. The van der Waals surface area contributed by atoms with Gasteiger partial charge in [0.05, 0.1) is 13.2 Å². The molecule has 0 amide bonds. The summed E-state index contributed by atoms with van der Waals surface area (Å²) >= 11 is 0. The number of nitrogens with one attached hydrogen (secondary N) is 1. The second-order valence-corrected chi connectivity index (χ2v) is 6.15. The topological polar surface area (TPSA) is 64.6 Å².